The molecule has 2 N–H and O–H groups in total. The molecule has 8 heteroatoms. The third kappa shape index (κ3) is 6.86. The standard InChI is InChI=1S/C19H28N2O5S/c1-19(2,3)26-18(23)20-12-11-17(22)14-7-6-8-15(13-14)21-27(24,25)16-9-4-5-10-16/h6-8,13,16,21H,4-5,9-12H2,1-3H3,(H,20,23). The van der Waals surface area contributed by atoms with Crippen LogP contribution in [0.3, 0.4) is 0 Å². The Morgan fingerprint density at radius 2 is 1.85 bits per heavy atom. The Morgan fingerprint density at radius 3 is 2.48 bits per heavy atom. The summed E-state index contributed by atoms with van der Waals surface area (Å²) in [5, 5.41) is 2.17. The molecule has 150 valence electrons. The number of ether oxygens (including phenoxy) is 1. The van der Waals surface area contributed by atoms with Gasteiger partial charge in [-0.25, -0.2) is 13.2 Å². The van der Waals surface area contributed by atoms with E-state index in [9.17, 15) is 18.0 Å². The molecule has 0 aromatic heterocycles. The second-order valence-corrected chi connectivity index (χ2v) is 9.70. The van der Waals surface area contributed by atoms with Crippen LogP contribution >= 0.6 is 0 Å². The Labute approximate surface area is 160 Å². The topological polar surface area (TPSA) is 102 Å². The van der Waals surface area contributed by atoms with Gasteiger partial charge in [-0.3, -0.25) is 9.52 Å². The van der Waals surface area contributed by atoms with Crippen LogP contribution in [-0.4, -0.2) is 37.7 Å². The molecule has 0 saturated heterocycles. The lowest BCUT2D eigenvalue weighted by Gasteiger charge is -2.19. The zero-order chi connectivity index (χ0) is 20.1. The molecule has 0 heterocycles. The lowest BCUT2D eigenvalue weighted by molar-refractivity contribution is 0.0527. The van der Waals surface area contributed by atoms with E-state index in [1.54, 1.807) is 39.0 Å². The van der Waals surface area contributed by atoms with Gasteiger partial charge in [-0.1, -0.05) is 25.0 Å². The summed E-state index contributed by atoms with van der Waals surface area (Å²) in [6.07, 6.45) is 2.71. The van der Waals surface area contributed by atoms with Crippen molar-refractivity contribution in [2.45, 2.75) is 63.7 Å². The summed E-state index contributed by atoms with van der Waals surface area (Å²) in [5.74, 6) is -0.187. The first-order chi connectivity index (χ1) is 12.6. The number of benzene rings is 1. The van der Waals surface area contributed by atoms with E-state index >= 15 is 0 Å². The van der Waals surface area contributed by atoms with E-state index < -0.39 is 21.7 Å². The molecule has 0 bridgehead atoms. The number of hydrogen-bond acceptors (Lipinski definition) is 5. The van der Waals surface area contributed by atoms with E-state index in [1.165, 1.54) is 6.07 Å². The van der Waals surface area contributed by atoms with Gasteiger partial charge in [0, 0.05) is 24.2 Å². The van der Waals surface area contributed by atoms with Gasteiger partial charge >= 0.3 is 6.09 Å². The van der Waals surface area contributed by atoms with Crippen molar-refractivity contribution in [3.05, 3.63) is 29.8 Å². The molecule has 1 amide bonds. The highest BCUT2D eigenvalue weighted by molar-refractivity contribution is 7.93. The molecule has 1 aromatic rings. The van der Waals surface area contributed by atoms with Crippen LogP contribution in [0.2, 0.25) is 0 Å². The lowest BCUT2D eigenvalue weighted by Crippen LogP contribution is -2.33. The number of Topliss-reactive ketones (excluding diaryl/α,β-unsaturated/α-hetero) is 1. The highest BCUT2D eigenvalue weighted by Gasteiger charge is 2.28. The number of alkyl carbamates (subject to hydrolysis) is 1. The monoisotopic (exact) mass is 396 g/mol. The fourth-order valence-electron chi connectivity index (χ4n) is 2.94. The molecule has 1 aliphatic rings. The largest absolute Gasteiger partial charge is 0.444 e. The molecule has 2 rings (SSSR count). The SMILES string of the molecule is CC(C)(C)OC(=O)NCCC(=O)c1cccc(NS(=O)(=O)C2CCCC2)c1. The van der Waals surface area contributed by atoms with Crippen molar-refractivity contribution >= 4 is 27.6 Å². The van der Waals surface area contributed by atoms with E-state index in [0.717, 1.165) is 12.8 Å². The summed E-state index contributed by atoms with van der Waals surface area (Å²) in [4.78, 5) is 23.9. The predicted molar refractivity (Wildman–Crippen MR) is 104 cm³/mol. The predicted octanol–water partition coefficient (Wildman–Crippen LogP) is 3.47. The molecule has 1 fully saturated rings. The van der Waals surface area contributed by atoms with Crippen LogP contribution < -0.4 is 10.0 Å². The summed E-state index contributed by atoms with van der Waals surface area (Å²) in [6.45, 7) is 5.42. The van der Waals surface area contributed by atoms with Gasteiger partial charge in [-0.15, -0.1) is 0 Å². The van der Waals surface area contributed by atoms with Crippen molar-refractivity contribution in [2.24, 2.45) is 0 Å². The third-order valence-corrected chi connectivity index (χ3v) is 6.08. The van der Waals surface area contributed by atoms with Crippen molar-refractivity contribution < 1.29 is 22.7 Å². The minimum absolute atomic E-state index is 0.0953. The second-order valence-electron chi connectivity index (χ2n) is 7.74. The smallest absolute Gasteiger partial charge is 0.407 e. The van der Waals surface area contributed by atoms with E-state index in [-0.39, 0.29) is 24.0 Å². The maximum Gasteiger partial charge on any atom is 0.407 e. The summed E-state index contributed by atoms with van der Waals surface area (Å²) in [6, 6.07) is 6.43. The summed E-state index contributed by atoms with van der Waals surface area (Å²) in [7, 11) is -3.44. The van der Waals surface area contributed by atoms with Crippen LogP contribution in [0.1, 0.15) is 63.2 Å². The molecular weight excluding hydrogens is 368 g/mol. The van der Waals surface area contributed by atoms with Gasteiger partial charge in [0.15, 0.2) is 5.78 Å². The molecule has 1 aliphatic carbocycles. The van der Waals surface area contributed by atoms with Crippen LogP contribution in [0, 0.1) is 0 Å². The Morgan fingerprint density at radius 1 is 1.19 bits per heavy atom. The van der Waals surface area contributed by atoms with Crippen LogP contribution in [-0.2, 0) is 14.8 Å². The summed E-state index contributed by atoms with van der Waals surface area (Å²) in [5.41, 5.74) is 0.180. The zero-order valence-corrected chi connectivity index (χ0v) is 16.9. The Balaban J connectivity index is 1.90. The van der Waals surface area contributed by atoms with Crippen molar-refractivity contribution in [3.63, 3.8) is 0 Å². The molecule has 0 aliphatic heterocycles. The van der Waals surface area contributed by atoms with Crippen LogP contribution in [0.5, 0.6) is 0 Å². The van der Waals surface area contributed by atoms with Crippen LogP contribution in [0.15, 0.2) is 24.3 Å². The number of amides is 1. The van der Waals surface area contributed by atoms with Gasteiger partial charge in [0.25, 0.3) is 0 Å². The number of anilines is 1. The fraction of sp³-hybridized carbons (Fsp3) is 0.579. The van der Waals surface area contributed by atoms with Crippen molar-refractivity contribution in [2.75, 3.05) is 11.3 Å². The Kier molecular flexibility index (Phi) is 6.86. The number of sulfonamides is 1. The van der Waals surface area contributed by atoms with Crippen molar-refractivity contribution in [1.29, 1.82) is 0 Å². The fourth-order valence-corrected chi connectivity index (χ4v) is 4.52. The zero-order valence-electron chi connectivity index (χ0n) is 16.1. The van der Waals surface area contributed by atoms with Gasteiger partial charge in [0.05, 0.1) is 5.25 Å². The van der Waals surface area contributed by atoms with Gasteiger partial charge in [0.1, 0.15) is 5.60 Å². The van der Waals surface area contributed by atoms with E-state index in [1.807, 2.05) is 0 Å². The minimum atomic E-state index is -3.44. The highest BCUT2D eigenvalue weighted by atomic mass is 32.2. The average Bonchev–Trinajstić information content (AvgIpc) is 3.08. The maximum atomic E-state index is 12.4. The number of nitrogens with one attached hydrogen (secondary N) is 2. The first-order valence-corrected chi connectivity index (χ1v) is 10.7. The summed E-state index contributed by atoms with van der Waals surface area (Å²) >= 11 is 0. The molecule has 7 nitrogen and oxygen atoms in total. The molecule has 0 spiro atoms. The molecule has 0 unspecified atom stereocenters. The van der Waals surface area contributed by atoms with Crippen LogP contribution in [0.25, 0.3) is 0 Å². The number of carbonyl (C=O) groups is 2. The van der Waals surface area contributed by atoms with Crippen LogP contribution in [0.4, 0.5) is 10.5 Å². The average molecular weight is 397 g/mol. The Bertz CT molecular complexity index is 778. The highest BCUT2D eigenvalue weighted by Crippen LogP contribution is 2.26. The second kappa shape index (κ2) is 8.73. The normalized spacial score (nSPS) is 15.4. The maximum absolute atomic E-state index is 12.4. The Hall–Kier alpha value is -2.09. The summed E-state index contributed by atoms with van der Waals surface area (Å²) < 4.78 is 32.5. The van der Waals surface area contributed by atoms with E-state index in [4.69, 9.17) is 4.74 Å². The molecular formula is C19H28N2O5S. The van der Waals surface area contributed by atoms with Crippen molar-refractivity contribution in [1.82, 2.24) is 5.32 Å². The molecule has 1 aromatic carbocycles. The number of hydrogen-bond donors (Lipinski definition) is 2. The first-order valence-electron chi connectivity index (χ1n) is 9.18. The van der Waals surface area contributed by atoms with E-state index in [0.29, 0.717) is 24.1 Å². The minimum Gasteiger partial charge on any atom is -0.444 e. The van der Waals surface area contributed by atoms with Gasteiger partial charge < -0.3 is 10.1 Å². The lowest BCUT2D eigenvalue weighted by atomic mass is 10.1. The van der Waals surface area contributed by atoms with Crippen molar-refractivity contribution in [3.8, 4) is 0 Å². The molecule has 1 saturated carbocycles. The molecule has 0 atom stereocenters. The number of carbonyl (C=O) groups excluding carboxylic acids is 2. The van der Waals surface area contributed by atoms with Gasteiger partial charge in [0.2, 0.25) is 10.0 Å². The van der Waals surface area contributed by atoms with Gasteiger partial charge in [-0.05, 0) is 45.7 Å². The molecule has 0 radical (unpaired) electrons. The third-order valence-electron chi connectivity index (χ3n) is 4.21. The quantitative estimate of drug-likeness (QED) is 0.687. The number of rotatable bonds is 7. The van der Waals surface area contributed by atoms with E-state index in [2.05, 4.69) is 10.0 Å². The molecule has 27 heavy (non-hydrogen) atoms. The number of ketones is 1. The first kappa shape index (κ1) is 21.2. The van der Waals surface area contributed by atoms with Gasteiger partial charge in [-0.2, -0.15) is 0 Å².